The van der Waals surface area contributed by atoms with Crippen LogP contribution in [0.1, 0.15) is 11.1 Å². The van der Waals surface area contributed by atoms with E-state index in [1.54, 1.807) is 13.0 Å². The number of rotatable bonds is 0. The molecule has 0 saturated carbocycles. The minimum absolute atomic E-state index is 0.309. The summed E-state index contributed by atoms with van der Waals surface area (Å²) in [6, 6.07) is 5.25. The van der Waals surface area contributed by atoms with Crippen LogP contribution in [0.2, 0.25) is 0 Å². The van der Waals surface area contributed by atoms with Gasteiger partial charge in [0.2, 0.25) is 0 Å². The van der Waals surface area contributed by atoms with E-state index in [4.69, 9.17) is 5.26 Å². The predicted octanol–water partition coefficient (Wildman–Crippen LogP) is 2.49. The summed E-state index contributed by atoms with van der Waals surface area (Å²) in [6.45, 7) is 1.80. The summed E-state index contributed by atoms with van der Waals surface area (Å²) in [5.41, 5.74) is 1.71. The smallest absolute Gasteiger partial charge is 0.147 e. The Balaban J connectivity index is 2.92. The van der Waals surface area contributed by atoms with Gasteiger partial charge in [-0.15, -0.1) is 0 Å². The number of nitrogens with zero attached hydrogens (tertiary/aromatic N) is 1. The monoisotopic (exact) mass is 174 g/mol. The fraction of sp³-hybridized carbons (Fsp3) is 0.100. The lowest BCUT2D eigenvalue weighted by Gasteiger charge is -1.95. The summed E-state index contributed by atoms with van der Waals surface area (Å²) in [5.74, 6) is -0.309. The summed E-state index contributed by atoms with van der Waals surface area (Å²) in [7, 11) is 0. The zero-order chi connectivity index (χ0) is 9.42. The first-order chi connectivity index (χ1) is 6.22. The maximum absolute atomic E-state index is 13.3. The molecule has 1 aromatic carbocycles. The first-order valence-corrected chi connectivity index (χ1v) is 3.89. The van der Waals surface area contributed by atoms with Crippen molar-refractivity contribution in [2.24, 2.45) is 0 Å². The molecule has 64 valence electrons. The average molecular weight is 174 g/mol. The molecule has 0 aliphatic rings. The van der Waals surface area contributed by atoms with Gasteiger partial charge in [0.15, 0.2) is 0 Å². The second kappa shape index (κ2) is 2.60. The third-order valence-corrected chi connectivity index (χ3v) is 2.01. The number of halogens is 1. The van der Waals surface area contributed by atoms with Gasteiger partial charge < -0.3 is 4.98 Å². The molecule has 1 N–H and O–H groups in total. The van der Waals surface area contributed by atoms with Crippen molar-refractivity contribution in [3.05, 3.63) is 35.3 Å². The fourth-order valence-corrected chi connectivity index (χ4v) is 1.42. The molecule has 0 spiro atoms. The highest BCUT2D eigenvalue weighted by molar-refractivity contribution is 5.86. The molecule has 0 aliphatic carbocycles. The summed E-state index contributed by atoms with van der Waals surface area (Å²) in [4.78, 5) is 2.74. The van der Waals surface area contributed by atoms with Crippen molar-refractivity contribution in [1.82, 2.24) is 4.98 Å². The Bertz CT molecular complexity index is 505. The molecule has 13 heavy (non-hydrogen) atoms. The van der Waals surface area contributed by atoms with E-state index in [1.807, 2.05) is 6.07 Å². The number of nitriles is 1. The van der Waals surface area contributed by atoms with E-state index in [2.05, 4.69) is 4.98 Å². The van der Waals surface area contributed by atoms with Crippen LogP contribution in [0.25, 0.3) is 10.9 Å². The van der Waals surface area contributed by atoms with E-state index in [1.165, 1.54) is 12.3 Å². The Morgan fingerprint density at radius 1 is 1.46 bits per heavy atom. The number of aryl methyl sites for hydroxylation is 1. The first-order valence-electron chi connectivity index (χ1n) is 3.89. The van der Waals surface area contributed by atoms with E-state index in [0.717, 1.165) is 5.56 Å². The van der Waals surface area contributed by atoms with Crippen LogP contribution in [0.15, 0.2) is 18.3 Å². The number of hydrogen-bond acceptors (Lipinski definition) is 1. The fourth-order valence-electron chi connectivity index (χ4n) is 1.42. The second-order valence-electron chi connectivity index (χ2n) is 2.98. The molecule has 1 heterocycles. The van der Waals surface area contributed by atoms with Gasteiger partial charge in [0, 0.05) is 11.6 Å². The molecule has 0 fully saturated rings. The predicted molar refractivity (Wildman–Crippen MR) is 47.7 cm³/mol. The average Bonchev–Trinajstić information content (AvgIpc) is 2.47. The van der Waals surface area contributed by atoms with Crippen molar-refractivity contribution in [1.29, 1.82) is 5.26 Å². The Kier molecular flexibility index (Phi) is 1.56. The van der Waals surface area contributed by atoms with Gasteiger partial charge in [-0.25, -0.2) is 4.39 Å². The topological polar surface area (TPSA) is 39.6 Å². The van der Waals surface area contributed by atoms with Crippen molar-refractivity contribution in [3.8, 4) is 6.07 Å². The Labute approximate surface area is 74.6 Å². The minimum atomic E-state index is -0.309. The summed E-state index contributed by atoms with van der Waals surface area (Å²) in [5, 5.41) is 9.37. The van der Waals surface area contributed by atoms with Gasteiger partial charge in [-0.1, -0.05) is 0 Å². The van der Waals surface area contributed by atoms with Crippen LogP contribution < -0.4 is 0 Å². The molecule has 3 heteroatoms. The molecule has 0 atom stereocenters. The number of benzene rings is 1. The summed E-state index contributed by atoms with van der Waals surface area (Å²) < 4.78 is 13.3. The quantitative estimate of drug-likeness (QED) is 0.654. The third kappa shape index (κ3) is 1.07. The Hall–Kier alpha value is -1.82. The SMILES string of the molecule is Cc1cc(F)c2[nH]cc(C#N)c2c1. The van der Waals surface area contributed by atoms with Crippen molar-refractivity contribution in [2.45, 2.75) is 6.92 Å². The summed E-state index contributed by atoms with van der Waals surface area (Å²) in [6.07, 6.45) is 1.52. The molecule has 0 radical (unpaired) electrons. The normalized spacial score (nSPS) is 10.2. The molecule has 1 aromatic heterocycles. The van der Waals surface area contributed by atoms with Gasteiger partial charge in [0.25, 0.3) is 0 Å². The van der Waals surface area contributed by atoms with Crippen LogP contribution >= 0.6 is 0 Å². The van der Waals surface area contributed by atoms with Crippen molar-refractivity contribution in [2.75, 3.05) is 0 Å². The molecule has 2 aromatic rings. The number of H-pyrrole nitrogens is 1. The molecule has 0 amide bonds. The maximum atomic E-state index is 13.3. The van der Waals surface area contributed by atoms with Crippen molar-refractivity contribution >= 4 is 10.9 Å². The van der Waals surface area contributed by atoms with Gasteiger partial charge in [-0.2, -0.15) is 5.26 Å². The van der Waals surface area contributed by atoms with E-state index < -0.39 is 0 Å². The van der Waals surface area contributed by atoms with E-state index >= 15 is 0 Å². The molecule has 0 unspecified atom stereocenters. The highest BCUT2D eigenvalue weighted by atomic mass is 19.1. The second-order valence-corrected chi connectivity index (χ2v) is 2.98. The maximum Gasteiger partial charge on any atom is 0.147 e. The van der Waals surface area contributed by atoms with E-state index in [9.17, 15) is 4.39 Å². The van der Waals surface area contributed by atoms with Crippen LogP contribution in [-0.4, -0.2) is 4.98 Å². The molecule has 2 nitrogen and oxygen atoms in total. The number of hydrogen-bond donors (Lipinski definition) is 1. The summed E-state index contributed by atoms with van der Waals surface area (Å²) >= 11 is 0. The van der Waals surface area contributed by atoms with Crippen molar-refractivity contribution < 1.29 is 4.39 Å². The molecule has 0 saturated heterocycles. The van der Waals surface area contributed by atoms with Gasteiger partial charge in [-0.05, 0) is 24.6 Å². The Morgan fingerprint density at radius 2 is 2.23 bits per heavy atom. The zero-order valence-electron chi connectivity index (χ0n) is 7.06. The molecular weight excluding hydrogens is 167 g/mol. The van der Waals surface area contributed by atoms with E-state index in [0.29, 0.717) is 16.5 Å². The largest absolute Gasteiger partial charge is 0.357 e. The lowest BCUT2D eigenvalue weighted by molar-refractivity contribution is 0.636. The first kappa shape index (κ1) is 7.81. The van der Waals surface area contributed by atoms with Crippen molar-refractivity contribution in [3.63, 3.8) is 0 Å². The van der Waals surface area contributed by atoms with Crippen LogP contribution in [0, 0.1) is 24.1 Å². The lowest BCUT2D eigenvalue weighted by Crippen LogP contribution is -1.80. The third-order valence-electron chi connectivity index (χ3n) is 2.01. The molecular formula is C10H7FN2. The van der Waals surface area contributed by atoms with Crippen LogP contribution in [0.4, 0.5) is 4.39 Å². The van der Waals surface area contributed by atoms with Crippen LogP contribution in [0.5, 0.6) is 0 Å². The lowest BCUT2D eigenvalue weighted by atomic mass is 10.1. The van der Waals surface area contributed by atoms with Crippen LogP contribution in [0.3, 0.4) is 0 Å². The van der Waals surface area contributed by atoms with Gasteiger partial charge >= 0.3 is 0 Å². The molecule has 0 aliphatic heterocycles. The van der Waals surface area contributed by atoms with Crippen LogP contribution in [-0.2, 0) is 0 Å². The number of fused-ring (bicyclic) bond motifs is 1. The minimum Gasteiger partial charge on any atom is -0.357 e. The van der Waals surface area contributed by atoms with Gasteiger partial charge in [0.1, 0.15) is 11.9 Å². The van der Waals surface area contributed by atoms with Gasteiger partial charge in [0.05, 0.1) is 11.1 Å². The van der Waals surface area contributed by atoms with Gasteiger partial charge in [-0.3, -0.25) is 0 Å². The number of aromatic nitrogens is 1. The Morgan fingerprint density at radius 3 is 2.92 bits per heavy atom. The highest BCUT2D eigenvalue weighted by Crippen LogP contribution is 2.21. The molecule has 2 rings (SSSR count). The number of nitrogens with one attached hydrogen (secondary N) is 1. The molecule has 0 bridgehead atoms. The highest BCUT2D eigenvalue weighted by Gasteiger charge is 2.07. The number of aromatic amines is 1. The standard InChI is InChI=1S/C10H7FN2/c1-6-2-8-7(4-12)5-13-10(8)9(11)3-6/h2-3,5,13H,1H3. The van der Waals surface area contributed by atoms with E-state index in [-0.39, 0.29) is 5.82 Å². The zero-order valence-corrected chi connectivity index (χ0v) is 7.06.